The lowest BCUT2D eigenvalue weighted by molar-refractivity contribution is -0.120. The summed E-state index contributed by atoms with van der Waals surface area (Å²) in [5, 5.41) is 3.01. The molecule has 0 spiro atoms. The monoisotopic (exact) mass is 253 g/mol. The van der Waals surface area contributed by atoms with Crippen molar-refractivity contribution in [3.05, 3.63) is 17.5 Å². The maximum atomic E-state index is 12.0. The first-order valence-electron chi connectivity index (χ1n) is 6.05. The van der Waals surface area contributed by atoms with Gasteiger partial charge < -0.3 is 5.32 Å². The Morgan fingerprint density at radius 2 is 1.82 bits per heavy atom. The fourth-order valence-corrected chi connectivity index (χ4v) is 2.32. The third-order valence-corrected chi connectivity index (χ3v) is 3.40. The van der Waals surface area contributed by atoms with Gasteiger partial charge in [-0.05, 0) is 12.8 Å². The molecule has 1 aromatic heterocycles. The van der Waals surface area contributed by atoms with E-state index in [0.29, 0.717) is 5.82 Å². The zero-order chi connectivity index (χ0) is 12.1. The minimum atomic E-state index is 0.0225. The number of hydrogen-bond acceptors (Lipinski definition) is 3. The zero-order valence-corrected chi connectivity index (χ0v) is 10.4. The summed E-state index contributed by atoms with van der Waals surface area (Å²) in [5.41, 5.74) is 0. The first-order valence-corrected chi connectivity index (χ1v) is 6.42. The summed E-state index contributed by atoms with van der Waals surface area (Å²) in [5.74, 6) is 0.480. The number of rotatable bonds is 2. The number of carbonyl (C=O) groups excluding carboxylic acids is 1. The Morgan fingerprint density at radius 3 is 2.47 bits per heavy atom. The van der Waals surface area contributed by atoms with Crippen LogP contribution in [0, 0.1) is 5.92 Å². The van der Waals surface area contributed by atoms with Gasteiger partial charge in [0.2, 0.25) is 5.91 Å². The maximum Gasteiger partial charge on any atom is 0.228 e. The molecule has 1 N–H and O–H groups in total. The van der Waals surface area contributed by atoms with Crippen molar-refractivity contribution in [1.82, 2.24) is 9.97 Å². The van der Waals surface area contributed by atoms with Gasteiger partial charge in [0.05, 0.1) is 0 Å². The molecular weight excluding hydrogens is 238 g/mol. The topological polar surface area (TPSA) is 54.9 Å². The molecule has 0 aliphatic heterocycles. The molecule has 1 amide bonds. The average Bonchev–Trinajstić information content (AvgIpc) is 2.61. The van der Waals surface area contributed by atoms with Gasteiger partial charge in [0, 0.05) is 18.3 Å². The van der Waals surface area contributed by atoms with E-state index in [-0.39, 0.29) is 17.0 Å². The summed E-state index contributed by atoms with van der Waals surface area (Å²) in [4.78, 5) is 19.9. The van der Waals surface area contributed by atoms with Crippen LogP contribution < -0.4 is 5.32 Å². The first kappa shape index (κ1) is 12.3. The van der Waals surface area contributed by atoms with Gasteiger partial charge in [-0.3, -0.25) is 4.79 Å². The van der Waals surface area contributed by atoms with E-state index in [1.807, 2.05) is 0 Å². The fraction of sp³-hybridized carbons (Fsp3) is 0.583. The summed E-state index contributed by atoms with van der Waals surface area (Å²) < 4.78 is 0. The minimum Gasteiger partial charge on any atom is -0.308 e. The van der Waals surface area contributed by atoms with Gasteiger partial charge in [-0.15, -0.1) is 0 Å². The SMILES string of the molecule is O=C(Nc1nccnc1Cl)C1CCCCCC1. The Labute approximate surface area is 106 Å². The Morgan fingerprint density at radius 1 is 1.18 bits per heavy atom. The summed E-state index contributed by atoms with van der Waals surface area (Å²) >= 11 is 5.85. The largest absolute Gasteiger partial charge is 0.308 e. The van der Waals surface area contributed by atoms with E-state index in [4.69, 9.17) is 11.6 Å². The average molecular weight is 254 g/mol. The van der Waals surface area contributed by atoms with E-state index >= 15 is 0 Å². The second kappa shape index (κ2) is 5.96. The third kappa shape index (κ3) is 3.40. The third-order valence-electron chi connectivity index (χ3n) is 3.12. The van der Waals surface area contributed by atoms with Crippen molar-refractivity contribution in [2.45, 2.75) is 38.5 Å². The molecule has 1 aliphatic rings. The molecule has 0 saturated heterocycles. The number of nitrogens with one attached hydrogen (secondary N) is 1. The fourth-order valence-electron chi connectivity index (χ4n) is 2.17. The number of aromatic nitrogens is 2. The van der Waals surface area contributed by atoms with Crippen LogP contribution in [-0.4, -0.2) is 15.9 Å². The van der Waals surface area contributed by atoms with Crippen LogP contribution in [0.5, 0.6) is 0 Å². The van der Waals surface area contributed by atoms with Crippen LogP contribution in [0.3, 0.4) is 0 Å². The van der Waals surface area contributed by atoms with Crippen LogP contribution in [-0.2, 0) is 4.79 Å². The van der Waals surface area contributed by atoms with Crippen LogP contribution in [0.15, 0.2) is 12.4 Å². The number of halogens is 1. The van der Waals surface area contributed by atoms with Crippen LogP contribution in [0.1, 0.15) is 38.5 Å². The molecule has 17 heavy (non-hydrogen) atoms. The molecule has 0 aromatic carbocycles. The molecule has 1 aromatic rings. The second-order valence-electron chi connectivity index (χ2n) is 4.37. The highest BCUT2D eigenvalue weighted by Crippen LogP contribution is 2.24. The standard InChI is InChI=1S/C12H16ClN3O/c13-10-11(15-8-7-14-10)16-12(17)9-5-3-1-2-4-6-9/h7-9H,1-6H2,(H,15,16,17). The van der Waals surface area contributed by atoms with Gasteiger partial charge >= 0.3 is 0 Å². The molecule has 1 saturated carbocycles. The normalized spacial score (nSPS) is 17.5. The molecule has 1 heterocycles. The summed E-state index contributed by atoms with van der Waals surface area (Å²) in [6.45, 7) is 0. The van der Waals surface area contributed by atoms with E-state index in [9.17, 15) is 4.79 Å². The number of carbonyl (C=O) groups is 1. The number of hydrogen-bond donors (Lipinski definition) is 1. The molecule has 0 atom stereocenters. The van der Waals surface area contributed by atoms with E-state index in [1.165, 1.54) is 25.2 Å². The summed E-state index contributed by atoms with van der Waals surface area (Å²) in [6, 6.07) is 0. The van der Waals surface area contributed by atoms with E-state index in [2.05, 4.69) is 15.3 Å². The molecular formula is C12H16ClN3O. The van der Waals surface area contributed by atoms with E-state index < -0.39 is 0 Å². The highest BCUT2D eigenvalue weighted by Gasteiger charge is 2.21. The minimum absolute atomic E-state index is 0.0225. The quantitative estimate of drug-likeness (QED) is 0.825. The molecule has 2 rings (SSSR count). The van der Waals surface area contributed by atoms with Crippen molar-refractivity contribution in [3.63, 3.8) is 0 Å². The van der Waals surface area contributed by atoms with Crippen molar-refractivity contribution < 1.29 is 4.79 Å². The summed E-state index contributed by atoms with van der Waals surface area (Å²) in [7, 11) is 0. The molecule has 0 bridgehead atoms. The molecule has 0 radical (unpaired) electrons. The van der Waals surface area contributed by atoms with Gasteiger partial charge in [-0.2, -0.15) is 0 Å². The maximum absolute atomic E-state index is 12.0. The highest BCUT2D eigenvalue weighted by molar-refractivity contribution is 6.32. The van der Waals surface area contributed by atoms with Gasteiger partial charge in [0.1, 0.15) is 0 Å². The van der Waals surface area contributed by atoms with Crippen molar-refractivity contribution in [2.24, 2.45) is 5.92 Å². The summed E-state index contributed by atoms with van der Waals surface area (Å²) in [6.07, 6.45) is 9.68. The Kier molecular flexibility index (Phi) is 4.31. The lowest BCUT2D eigenvalue weighted by Gasteiger charge is -2.13. The van der Waals surface area contributed by atoms with Crippen molar-refractivity contribution >= 4 is 23.3 Å². The lowest BCUT2D eigenvalue weighted by Crippen LogP contribution is -2.23. The van der Waals surface area contributed by atoms with Crippen molar-refractivity contribution in [3.8, 4) is 0 Å². The second-order valence-corrected chi connectivity index (χ2v) is 4.73. The lowest BCUT2D eigenvalue weighted by atomic mass is 10.00. The highest BCUT2D eigenvalue weighted by atomic mass is 35.5. The van der Waals surface area contributed by atoms with Gasteiger partial charge in [0.15, 0.2) is 11.0 Å². The predicted octanol–water partition coefficient (Wildman–Crippen LogP) is 3.04. The van der Waals surface area contributed by atoms with Crippen molar-refractivity contribution in [1.29, 1.82) is 0 Å². The zero-order valence-electron chi connectivity index (χ0n) is 9.66. The Bertz CT molecular complexity index is 389. The van der Waals surface area contributed by atoms with Gasteiger partial charge in [-0.25, -0.2) is 9.97 Å². The van der Waals surface area contributed by atoms with Crippen LogP contribution >= 0.6 is 11.6 Å². The molecule has 4 nitrogen and oxygen atoms in total. The van der Waals surface area contributed by atoms with Gasteiger partial charge in [0.25, 0.3) is 0 Å². The Balaban J connectivity index is 1.98. The predicted molar refractivity (Wildman–Crippen MR) is 66.9 cm³/mol. The van der Waals surface area contributed by atoms with E-state index in [1.54, 1.807) is 0 Å². The van der Waals surface area contributed by atoms with E-state index in [0.717, 1.165) is 25.7 Å². The molecule has 5 heteroatoms. The molecule has 92 valence electrons. The van der Waals surface area contributed by atoms with Gasteiger partial charge in [-0.1, -0.05) is 37.3 Å². The molecule has 1 aliphatic carbocycles. The van der Waals surface area contributed by atoms with Crippen molar-refractivity contribution in [2.75, 3.05) is 5.32 Å². The number of anilines is 1. The van der Waals surface area contributed by atoms with Crippen LogP contribution in [0.4, 0.5) is 5.82 Å². The molecule has 0 unspecified atom stereocenters. The smallest absolute Gasteiger partial charge is 0.228 e. The molecule has 1 fully saturated rings. The first-order chi connectivity index (χ1) is 8.27. The number of amides is 1. The Hall–Kier alpha value is -1.16. The van der Waals surface area contributed by atoms with Crippen LogP contribution in [0.25, 0.3) is 0 Å². The number of nitrogens with zero attached hydrogens (tertiary/aromatic N) is 2. The van der Waals surface area contributed by atoms with Crippen LogP contribution in [0.2, 0.25) is 5.15 Å².